The highest BCUT2D eigenvalue weighted by Gasteiger charge is 2.41. The summed E-state index contributed by atoms with van der Waals surface area (Å²) in [5, 5.41) is -0.122. The molecule has 0 N–H and O–H groups in total. The third-order valence-corrected chi connectivity index (χ3v) is 13.0. The Hall–Kier alpha value is -4.21. The number of para-hydroxylation sites is 1. The van der Waals surface area contributed by atoms with Crippen LogP contribution < -0.4 is 18.9 Å². The maximum atomic E-state index is 13.8. The number of carbonyl (C=O) groups is 3. The Balaban J connectivity index is 1.65. The quantitative estimate of drug-likeness (QED) is 0.177. The molecule has 45 heavy (non-hydrogen) atoms. The predicted octanol–water partition coefficient (Wildman–Crippen LogP) is 7.71. The van der Waals surface area contributed by atoms with Crippen LogP contribution in [0.1, 0.15) is 71.6 Å². The maximum Gasteiger partial charge on any atom is 0.194 e. The van der Waals surface area contributed by atoms with Gasteiger partial charge in [-0.1, -0.05) is 69.3 Å². The van der Waals surface area contributed by atoms with Crippen LogP contribution in [0.2, 0.25) is 18.1 Å². The van der Waals surface area contributed by atoms with Crippen molar-refractivity contribution < 1.29 is 37.8 Å². The highest BCUT2D eigenvalue weighted by atomic mass is 28.4. The minimum Gasteiger partial charge on any atom is -0.496 e. The second kappa shape index (κ2) is 13.8. The molecular formula is C36H42O8Si. The number of ether oxygens (including phenoxy) is 4. The van der Waals surface area contributed by atoms with E-state index in [0.717, 1.165) is 11.1 Å². The predicted molar refractivity (Wildman–Crippen MR) is 175 cm³/mol. The topological polar surface area (TPSA) is 97.4 Å². The van der Waals surface area contributed by atoms with Crippen molar-refractivity contribution in [3.05, 3.63) is 94.6 Å². The second-order valence-electron chi connectivity index (χ2n) is 12.5. The number of fused-ring (bicyclic) bond motifs is 1. The summed E-state index contributed by atoms with van der Waals surface area (Å²) in [7, 11) is 1.87. The van der Waals surface area contributed by atoms with Crippen LogP contribution in [0.3, 0.4) is 0 Å². The molecule has 0 aromatic heterocycles. The van der Waals surface area contributed by atoms with Gasteiger partial charge >= 0.3 is 0 Å². The monoisotopic (exact) mass is 630 g/mol. The van der Waals surface area contributed by atoms with Gasteiger partial charge in [-0.2, -0.15) is 0 Å². The number of allylic oxidation sites excluding steroid dienone is 2. The molecule has 1 atom stereocenters. The Morgan fingerprint density at radius 2 is 1.47 bits per heavy atom. The average molecular weight is 631 g/mol. The van der Waals surface area contributed by atoms with Gasteiger partial charge in [-0.25, -0.2) is 0 Å². The Labute approximate surface area is 266 Å². The van der Waals surface area contributed by atoms with Gasteiger partial charge < -0.3 is 23.4 Å². The second-order valence-corrected chi connectivity index (χ2v) is 17.3. The van der Waals surface area contributed by atoms with E-state index in [2.05, 4.69) is 33.9 Å². The molecule has 0 heterocycles. The Kier molecular flexibility index (Phi) is 10.3. The van der Waals surface area contributed by atoms with Gasteiger partial charge in [0.2, 0.25) is 0 Å². The molecule has 238 valence electrons. The largest absolute Gasteiger partial charge is 0.496 e. The molecule has 0 bridgehead atoms. The Morgan fingerprint density at radius 3 is 2.09 bits per heavy atom. The van der Waals surface area contributed by atoms with Crippen LogP contribution in [-0.2, 0) is 15.8 Å². The fraction of sp³-hybridized carbons (Fsp3) is 0.361. The minimum atomic E-state index is -2.37. The molecule has 0 amide bonds. The first kappa shape index (κ1) is 33.7. The number of hydrogen-bond acceptors (Lipinski definition) is 8. The molecule has 0 saturated heterocycles. The van der Waals surface area contributed by atoms with E-state index >= 15 is 0 Å². The molecule has 0 fully saturated rings. The summed E-state index contributed by atoms with van der Waals surface area (Å²) < 4.78 is 29.3. The van der Waals surface area contributed by atoms with E-state index < -0.39 is 26.0 Å². The summed E-state index contributed by atoms with van der Waals surface area (Å²) in [4.78, 5) is 40.9. The zero-order valence-electron chi connectivity index (χ0n) is 27.3. The standard InChI is InChI=1S/C36H42O8Si/c1-36(2,3)45(7,8)44-29(26-16-12-13-17-28(26)43-22-23-14-10-9-11-15-23)20-25(37)18-24-19-27(38)32-33(34(24)39)30(40-4)21-31(41-5)35(32)42-6/h9-17,19,21,29H,18,20,22H2,1-8H3. The van der Waals surface area contributed by atoms with Crippen molar-refractivity contribution in [2.45, 2.75) is 64.5 Å². The molecule has 0 saturated carbocycles. The molecule has 0 radical (unpaired) electrons. The number of carbonyl (C=O) groups excluding carboxylic acids is 3. The fourth-order valence-corrected chi connectivity index (χ4v) is 6.31. The van der Waals surface area contributed by atoms with Gasteiger partial charge in [0.25, 0.3) is 0 Å². The van der Waals surface area contributed by atoms with E-state index in [-0.39, 0.29) is 57.6 Å². The average Bonchev–Trinajstić information content (AvgIpc) is 3.01. The first-order valence-electron chi connectivity index (χ1n) is 14.9. The first-order chi connectivity index (χ1) is 21.3. The van der Waals surface area contributed by atoms with Crippen molar-refractivity contribution in [2.24, 2.45) is 0 Å². The number of rotatable bonds is 13. The Morgan fingerprint density at radius 1 is 0.822 bits per heavy atom. The van der Waals surface area contributed by atoms with Crippen LogP contribution in [0.5, 0.6) is 23.0 Å². The van der Waals surface area contributed by atoms with Crippen molar-refractivity contribution in [1.29, 1.82) is 0 Å². The van der Waals surface area contributed by atoms with Gasteiger partial charge in [-0.15, -0.1) is 0 Å². The van der Waals surface area contributed by atoms with Gasteiger partial charge in [-0.05, 0) is 35.8 Å². The van der Waals surface area contributed by atoms with Crippen LogP contribution in [0.25, 0.3) is 0 Å². The number of benzene rings is 3. The molecule has 4 rings (SSSR count). The molecule has 0 spiro atoms. The summed E-state index contributed by atoms with van der Waals surface area (Å²) in [5.41, 5.74) is 1.97. The lowest BCUT2D eigenvalue weighted by atomic mass is 9.85. The van der Waals surface area contributed by atoms with Crippen molar-refractivity contribution in [2.75, 3.05) is 21.3 Å². The van der Waals surface area contributed by atoms with Gasteiger partial charge in [0.15, 0.2) is 31.4 Å². The van der Waals surface area contributed by atoms with Crippen molar-refractivity contribution in [3.8, 4) is 23.0 Å². The van der Waals surface area contributed by atoms with Crippen LogP contribution >= 0.6 is 0 Å². The highest BCUT2D eigenvalue weighted by Crippen LogP contribution is 2.45. The number of ketones is 3. The summed E-state index contributed by atoms with van der Waals surface area (Å²) >= 11 is 0. The van der Waals surface area contributed by atoms with Crippen LogP contribution in [0.15, 0.2) is 72.3 Å². The molecule has 3 aromatic carbocycles. The van der Waals surface area contributed by atoms with E-state index in [0.29, 0.717) is 12.4 Å². The van der Waals surface area contributed by atoms with Crippen molar-refractivity contribution in [3.63, 3.8) is 0 Å². The Bertz CT molecular complexity index is 1600. The zero-order chi connectivity index (χ0) is 32.9. The van der Waals surface area contributed by atoms with Crippen molar-refractivity contribution in [1.82, 2.24) is 0 Å². The highest BCUT2D eigenvalue weighted by molar-refractivity contribution is 6.74. The molecule has 1 aliphatic carbocycles. The van der Waals surface area contributed by atoms with Gasteiger partial charge in [0.1, 0.15) is 23.9 Å². The molecule has 1 unspecified atom stereocenters. The molecule has 0 aliphatic heterocycles. The molecule has 9 heteroatoms. The first-order valence-corrected chi connectivity index (χ1v) is 17.8. The van der Waals surface area contributed by atoms with Crippen LogP contribution in [0.4, 0.5) is 0 Å². The van der Waals surface area contributed by atoms with E-state index in [1.165, 1.54) is 33.5 Å². The fourth-order valence-electron chi connectivity index (χ4n) is 5.03. The third kappa shape index (κ3) is 7.37. The lowest BCUT2D eigenvalue weighted by molar-refractivity contribution is -0.120. The van der Waals surface area contributed by atoms with Gasteiger partial charge in [-0.3, -0.25) is 14.4 Å². The lowest BCUT2D eigenvalue weighted by Gasteiger charge is -2.39. The zero-order valence-corrected chi connectivity index (χ0v) is 28.3. The van der Waals surface area contributed by atoms with Gasteiger partial charge in [0.05, 0.1) is 38.6 Å². The number of hydrogen-bond donors (Lipinski definition) is 0. The molecule has 3 aromatic rings. The summed E-state index contributed by atoms with van der Waals surface area (Å²) in [6.45, 7) is 11.0. The molecule has 8 nitrogen and oxygen atoms in total. The van der Waals surface area contributed by atoms with E-state index in [9.17, 15) is 14.4 Å². The summed E-state index contributed by atoms with van der Waals surface area (Å²) in [6.07, 6.45) is 0.343. The van der Waals surface area contributed by atoms with Crippen LogP contribution in [0, 0.1) is 0 Å². The minimum absolute atomic E-state index is 0.00699. The third-order valence-electron chi connectivity index (χ3n) is 8.47. The number of Topliss-reactive ketones (excluding diaryl/α,β-unsaturated/α-hetero) is 2. The summed E-state index contributed by atoms with van der Waals surface area (Å²) in [6, 6.07) is 18.9. The maximum absolute atomic E-state index is 13.8. The van der Waals surface area contributed by atoms with Crippen LogP contribution in [-0.4, -0.2) is 47.0 Å². The molecular weight excluding hydrogens is 588 g/mol. The van der Waals surface area contributed by atoms with Gasteiger partial charge in [0, 0.05) is 30.0 Å². The summed E-state index contributed by atoms with van der Waals surface area (Å²) in [5.74, 6) is 0.0267. The molecule has 1 aliphatic rings. The smallest absolute Gasteiger partial charge is 0.194 e. The SMILES string of the molecule is COc1cc(OC)c2c(c1OC)C(=O)C=C(CC(=O)CC(O[Si](C)(C)C(C)(C)C)c1ccccc1OCc1ccccc1)C2=O. The lowest BCUT2D eigenvalue weighted by Crippen LogP contribution is -2.42. The van der Waals surface area contributed by atoms with E-state index in [1.54, 1.807) is 0 Å². The van der Waals surface area contributed by atoms with Crippen molar-refractivity contribution >= 4 is 25.7 Å². The normalized spacial score (nSPS) is 13.9. The van der Waals surface area contributed by atoms with E-state index in [4.69, 9.17) is 23.4 Å². The van der Waals surface area contributed by atoms with E-state index in [1.807, 2.05) is 54.6 Å². The number of methoxy groups -OCH3 is 3.